The molecule has 0 saturated carbocycles. The summed E-state index contributed by atoms with van der Waals surface area (Å²) in [5, 5.41) is 0. The molecular formula is C16H12BrFO3. The molecule has 21 heavy (non-hydrogen) atoms. The summed E-state index contributed by atoms with van der Waals surface area (Å²) in [6.45, 7) is 1.16. The molecule has 0 fully saturated rings. The largest absolute Gasteiger partial charge is 0.490 e. The number of carbonyl (C=O) groups excluding carboxylic acids is 1. The fraction of sp³-hybridized carbons (Fsp3) is 0.188. The van der Waals surface area contributed by atoms with E-state index in [1.165, 1.54) is 18.2 Å². The van der Waals surface area contributed by atoms with Gasteiger partial charge in [-0.05, 0) is 52.3 Å². The van der Waals surface area contributed by atoms with Crippen molar-refractivity contribution >= 4 is 21.7 Å². The zero-order valence-corrected chi connectivity index (χ0v) is 12.7. The van der Waals surface area contributed by atoms with E-state index in [2.05, 4.69) is 15.9 Å². The lowest BCUT2D eigenvalue weighted by atomic mass is 10.0. The lowest BCUT2D eigenvalue weighted by Gasteiger charge is -2.09. The van der Waals surface area contributed by atoms with Gasteiger partial charge < -0.3 is 9.47 Å². The van der Waals surface area contributed by atoms with Crippen LogP contribution in [-0.4, -0.2) is 19.0 Å². The van der Waals surface area contributed by atoms with Crippen LogP contribution in [0.1, 0.15) is 22.3 Å². The van der Waals surface area contributed by atoms with Crippen LogP contribution in [-0.2, 0) is 0 Å². The molecule has 3 nitrogen and oxygen atoms in total. The third-order valence-electron chi connectivity index (χ3n) is 3.19. The summed E-state index contributed by atoms with van der Waals surface area (Å²) in [5.41, 5.74) is 0.887. The monoisotopic (exact) mass is 350 g/mol. The second-order valence-corrected chi connectivity index (χ2v) is 5.52. The van der Waals surface area contributed by atoms with Gasteiger partial charge in [-0.1, -0.05) is 0 Å². The Morgan fingerprint density at radius 1 is 1.05 bits per heavy atom. The zero-order valence-electron chi connectivity index (χ0n) is 11.1. The van der Waals surface area contributed by atoms with E-state index in [1.807, 2.05) is 0 Å². The fourth-order valence-electron chi connectivity index (χ4n) is 2.13. The molecule has 1 aliphatic heterocycles. The normalized spacial score (nSPS) is 13.6. The first-order valence-electron chi connectivity index (χ1n) is 6.54. The summed E-state index contributed by atoms with van der Waals surface area (Å²) in [4.78, 5) is 12.5. The highest BCUT2D eigenvalue weighted by molar-refractivity contribution is 9.10. The van der Waals surface area contributed by atoms with E-state index in [9.17, 15) is 9.18 Å². The van der Waals surface area contributed by atoms with Crippen molar-refractivity contribution in [3.8, 4) is 11.5 Å². The van der Waals surface area contributed by atoms with Gasteiger partial charge in [-0.2, -0.15) is 0 Å². The van der Waals surface area contributed by atoms with E-state index in [0.717, 1.165) is 6.42 Å². The van der Waals surface area contributed by atoms with Gasteiger partial charge in [0.15, 0.2) is 17.3 Å². The van der Waals surface area contributed by atoms with Crippen LogP contribution < -0.4 is 9.47 Å². The maximum atomic E-state index is 13.1. The van der Waals surface area contributed by atoms with Gasteiger partial charge in [0, 0.05) is 22.0 Å². The molecule has 1 heterocycles. The Morgan fingerprint density at radius 3 is 2.57 bits per heavy atom. The number of fused-ring (bicyclic) bond motifs is 1. The van der Waals surface area contributed by atoms with Crippen molar-refractivity contribution in [3.05, 3.63) is 57.8 Å². The summed E-state index contributed by atoms with van der Waals surface area (Å²) in [6, 6.07) is 9.08. The molecule has 0 radical (unpaired) electrons. The Hall–Kier alpha value is -1.88. The van der Waals surface area contributed by atoms with E-state index >= 15 is 0 Å². The van der Waals surface area contributed by atoms with E-state index in [0.29, 0.717) is 40.3 Å². The Bertz CT molecular complexity index is 700. The highest BCUT2D eigenvalue weighted by Gasteiger charge is 2.17. The van der Waals surface area contributed by atoms with Crippen molar-refractivity contribution in [2.45, 2.75) is 6.42 Å². The lowest BCUT2D eigenvalue weighted by Crippen LogP contribution is -2.03. The molecule has 0 spiro atoms. The lowest BCUT2D eigenvalue weighted by molar-refractivity contribution is 0.103. The molecule has 0 amide bonds. The molecule has 0 aliphatic carbocycles. The van der Waals surface area contributed by atoms with Gasteiger partial charge in [-0.15, -0.1) is 0 Å². The van der Waals surface area contributed by atoms with Crippen molar-refractivity contribution < 1.29 is 18.7 Å². The van der Waals surface area contributed by atoms with Crippen LogP contribution in [0.3, 0.4) is 0 Å². The molecule has 0 N–H and O–H groups in total. The number of hydrogen-bond acceptors (Lipinski definition) is 3. The number of halogens is 2. The van der Waals surface area contributed by atoms with Crippen LogP contribution in [0.25, 0.3) is 0 Å². The molecule has 0 saturated heterocycles. The smallest absolute Gasteiger partial charge is 0.194 e. The molecule has 108 valence electrons. The second kappa shape index (κ2) is 5.85. The number of benzene rings is 2. The van der Waals surface area contributed by atoms with Crippen molar-refractivity contribution in [1.29, 1.82) is 0 Å². The third kappa shape index (κ3) is 2.93. The first kappa shape index (κ1) is 14.1. The van der Waals surface area contributed by atoms with Crippen molar-refractivity contribution in [2.75, 3.05) is 13.2 Å². The Kier molecular flexibility index (Phi) is 3.92. The molecule has 0 atom stereocenters. The van der Waals surface area contributed by atoms with Crippen LogP contribution in [0.5, 0.6) is 11.5 Å². The molecule has 5 heteroatoms. The minimum atomic E-state index is -0.392. The molecule has 2 aromatic carbocycles. The summed E-state index contributed by atoms with van der Waals surface area (Å²) in [6.07, 6.45) is 0.807. The SMILES string of the molecule is O=C(c1ccc2c(c1)OCCCO2)c1ccc(F)cc1Br. The van der Waals surface area contributed by atoms with Gasteiger partial charge in [0.2, 0.25) is 0 Å². The van der Waals surface area contributed by atoms with E-state index in [-0.39, 0.29) is 5.78 Å². The average molecular weight is 351 g/mol. The minimum Gasteiger partial charge on any atom is -0.490 e. The maximum absolute atomic E-state index is 13.1. The fourth-order valence-corrected chi connectivity index (χ4v) is 2.66. The standard InChI is InChI=1S/C16H12BrFO3/c17-13-9-11(18)3-4-12(13)16(19)10-2-5-14-15(8-10)21-7-1-6-20-14/h2-5,8-9H,1,6-7H2. The van der Waals surface area contributed by atoms with Gasteiger partial charge in [0.05, 0.1) is 13.2 Å². The Balaban J connectivity index is 1.96. The van der Waals surface area contributed by atoms with Gasteiger partial charge in [0.1, 0.15) is 5.82 Å². The topological polar surface area (TPSA) is 35.5 Å². The quantitative estimate of drug-likeness (QED) is 0.768. The van der Waals surface area contributed by atoms with Crippen molar-refractivity contribution in [2.24, 2.45) is 0 Å². The van der Waals surface area contributed by atoms with Crippen LogP contribution in [0.2, 0.25) is 0 Å². The van der Waals surface area contributed by atoms with Gasteiger partial charge in [-0.25, -0.2) is 4.39 Å². The molecule has 0 aromatic heterocycles. The van der Waals surface area contributed by atoms with Gasteiger partial charge in [0.25, 0.3) is 0 Å². The Labute approximate surface area is 129 Å². The van der Waals surface area contributed by atoms with Crippen molar-refractivity contribution in [3.63, 3.8) is 0 Å². The van der Waals surface area contributed by atoms with E-state index < -0.39 is 5.82 Å². The third-order valence-corrected chi connectivity index (χ3v) is 3.84. The summed E-state index contributed by atoms with van der Waals surface area (Å²) in [7, 11) is 0. The highest BCUT2D eigenvalue weighted by Crippen LogP contribution is 2.32. The number of carbonyl (C=O) groups is 1. The summed E-state index contributed by atoms with van der Waals surface area (Å²) < 4.78 is 24.6. The second-order valence-electron chi connectivity index (χ2n) is 4.67. The minimum absolute atomic E-state index is 0.197. The van der Waals surface area contributed by atoms with Crippen LogP contribution in [0.15, 0.2) is 40.9 Å². The predicted molar refractivity (Wildman–Crippen MR) is 79.6 cm³/mol. The first-order valence-corrected chi connectivity index (χ1v) is 7.34. The van der Waals surface area contributed by atoms with E-state index in [1.54, 1.807) is 18.2 Å². The highest BCUT2D eigenvalue weighted by atomic mass is 79.9. The molecule has 0 bridgehead atoms. The zero-order chi connectivity index (χ0) is 14.8. The van der Waals surface area contributed by atoms with Crippen LogP contribution >= 0.6 is 15.9 Å². The number of hydrogen-bond donors (Lipinski definition) is 0. The average Bonchev–Trinajstić information content (AvgIpc) is 2.71. The number of rotatable bonds is 2. The number of ketones is 1. The maximum Gasteiger partial charge on any atom is 0.194 e. The molecule has 0 unspecified atom stereocenters. The van der Waals surface area contributed by atoms with Crippen molar-refractivity contribution in [1.82, 2.24) is 0 Å². The molecular weight excluding hydrogens is 339 g/mol. The summed E-state index contributed by atoms with van der Waals surface area (Å²) >= 11 is 3.22. The Morgan fingerprint density at radius 2 is 1.81 bits per heavy atom. The van der Waals surface area contributed by atoms with E-state index in [4.69, 9.17) is 9.47 Å². The van der Waals surface area contributed by atoms with Gasteiger partial charge in [-0.3, -0.25) is 4.79 Å². The number of ether oxygens (including phenoxy) is 2. The predicted octanol–water partition coefficient (Wildman–Crippen LogP) is 3.98. The first-order chi connectivity index (χ1) is 10.1. The molecule has 2 aromatic rings. The molecule has 1 aliphatic rings. The van der Waals surface area contributed by atoms with Crippen LogP contribution in [0, 0.1) is 5.82 Å². The molecule has 3 rings (SSSR count). The van der Waals surface area contributed by atoms with Crippen LogP contribution in [0.4, 0.5) is 4.39 Å². The van der Waals surface area contributed by atoms with Gasteiger partial charge >= 0.3 is 0 Å². The summed E-state index contributed by atoms with van der Waals surface area (Å²) in [5.74, 6) is 0.619.